The Morgan fingerprint density at radius 2 is 1.17 bits per heavy atom. The molecular weight excluding hydrogens is 396 g/mol. The summed E-state index contributed by atoms with van der Waals surface area (Å²) in [5, 5.41) is 2.07. The molecule has 0 saturated heterocycles. The van der Waals surface area contributed by atoms with Crippen molar-refractivity contribution in [1.82, 2.24) is 0 Å². The Morgan fingerprint density at radius 1 is 0.667 bits per heavy atom. The van der Waals surface area contributed by atoms with Crippen molar-refractivity contribution >= 4 is 39.8 Å². The summed E-state index contributed by atoms with van der Waals surface area (Å²) in [5.41, 5.74) is -0.587. The molecule has 0 saturated carbocycles. The Bertz CT molecular complexity index is 778. The van der Waals surface area contributed by atoms with Crippen LogP contribution in [0.2, 0.25) is 0 Å². The smallest absolute Gasteiger partial charge is 0.166 e. The maximum atomic E-state index is 13.6. The lowest BCUT2D eigenvalue weighted by atomic mass is 10.2. The first-order chi connectivity index (χ1) is 11.5. The van der Waals surface area contributed by atoms with Crippen molar-refractivity contribution in [3.8, 4) is 0 Å². The Morgan fingerprint density at radius 3 is 1.62 bits per heavy atom. The van der Waals surface area contributed by atoms with E-state index in [2.05, 4.69) is 15.9 Å². The third-order valence-corrected chi connectivity index (χ3v) is 7.07. The van der Waals surface area contributed by atoms with Gasteiger partial charge in [0.05, 0.1) is 5.56 Å². The van der Waals surface area contributed by atoms with Crippen molar-refractivity contribution in [2.45, 2.75) is 6.18 Å². The molecule has 122 valence electrons. The third-order valence-electron chi connectivity index (χ3n) is 3.54. The van der Waals surface area contributed by atoms with Crippen LogP contribution in [0.1, 0.15) is 5.56 Å². The zero-order chi connectivity index (χ0) is 17.2. The molecule has 3 aromatic carbocycles. The SMILES string of the molecule is FC(F)(F)c1cccc(Br)c1P(c1ccccc1)c1ccccc1. The molecule has 0 aliphatic carbocycles. The fourth-order valence-corrected chi connectivity index (χ4v) is 5.92. The second-order valence-electron chi connectivity index (χ2n) is 5.14. The van der Waals surface area contributed by atoms with Gasteiger partial charge in [-0.25, -0.2) is 0 Å². The molecule has 0 nitrogen and oxygen atoms in total. The van der Waals surface area contributed by atoms with Gasteiger partial charge in [-0.05, 0) is 30.7 Å². The molecule has 3 rings (SSSR count). The van der Waals surface area contributed by atoms with Gasteiger partial charge >= 0.3 is 6.18 Å². The predicted octanol–water partition coefficient (Wildman–Crippen LogP) is 5.23. The molecule has 3 aromatic rings. The normalized spacial score (nSPS) is 11.7. The van der Waals surface area contributed by atoms with Crippen molar-refractivity contribution in [1.29, 1.82) is 0 Å². The van der Waals surface area contributed by atoms with Crippen LogP contribution in [0.25, 0.3) is 0 Å². The first-order valence-corrected chi connectivity index (χ1v) is 9.38. The number of benzene rings is 3. The van der Waals surface area contributed by atoms with E-state index in [1.165, 1.54) is 6.07 Å². The molecule has 0 unspecified atom stereocenters. The lowest BCUT2D eigenvalue weighted by molar-refractivity contribution is -0.136. The van der Waals surface area contributed by atoms with Crippen LogP contribution in [-0.2, 0) is 6.18 Å². The van der Waals surface area contributed by atoms with E-state index in [0.29, 0.717) is 9.78 Å². The highest BCUT2D eigenvalue weighted by molar-refractivity contribution is 9.10. The molecule has 0 N–H and O–H groups in total. The Balaban J connectivity index is 2.29. The fourth-order valence-electron chi connectivity index (χ4n) is 2.53. The van der Waals surface area contributed by atoms with Crippen molar-refractivity contribution < 1.29 is 13.2 Å². The van der Waals surface area contributed by atoms with Crippen LogP contribution in [-0.4, -0.2) is 0 Å². The number of alkyl halides is 3. The minimum Gasteiger partial charge on any atom is -0.166 e. The van der Waals surface area contributed by atoms with E-state index in [4.69, 9.17) is 0 Å². The van der Waals surface area contributed by atoms with Gasteiger partial charge in [0.2, 0.25) is 0 Å². The molecule has 0 aliphatic rings. The highest BCUT2D eigenvalue weighted by atomic mass is 79.9. The van der Waals surface area contributed by atoms with Gasteiger partial charge in [0.1, 0.15) is 0 Å². The molecule has 0 aliphatic heterocycles. The summed E-state index contributed by atoms with van der Waals surface area (Å²) >= 11 is 3.35. The minimum atomic E-state index is -4.40. The maximum Gasteiger partial charge on any atom is 0.417 e. The van der Waals surface area contributed by atoms with Gasteiger partial charge < -0.3 is 0 Å². The molecule has 5 heteroatoms. The minimum absolute atomic E-state index is 0.303. The van der Waals surface area contributed by atoms with Crippen LogP contribution in [0.5, 0.6) is 0 Å². The summed E-state index contributed by atoms with van der Waals surface area (Å²) in [6.07, 6.45) is -4.40. The first-order valence-electron chi connectivity index (χ1n) is 7.24. The van der Waals surface area contributed by atoms with Crippen LogP contribution >= 0.6 is 23.9 Å². The lowest BCUT2D eigenvalue weighted by Crippen LogP contribution is -2.27. The largest absolute Gasteiger partial charge is 0.417 e. The predicted molar refractivity (Wildman–Crippen MR) is 97.9 cm³/mol. The van der Waals surface area contributed by atoms with Crippen molar-refractivity contribution in [3.05, 3.63) is 88.9 Å². The average Bonchev–Trinajstić information content (AvgIpc) is 2.57. The number of halogens is 4. The quantitative estimate of drug-likeness (QED) is 0.520. The number of hydrogen-bond donors (Lipinski definition) is 0. The van der Waals surface area contributed by atoms with Crippen LogP contribution in [0, 0.1) is 0 Å². The Hall–Kier alpha value is -1.64. The zero-order valence-electron chi connectivity index (χ0n) is 12.5. The summed E-state index contributed by atoms with van der Waals surface area (Å²) in [6, 6.07) is 23.0. The standard InChI is InChI=1S/C19H13BrF3P/c20-17-13-7-12-16(19(21,22)23)18(17)24(14-8-3-1-4-9-14)15-10-5-2-6-11-15/h1-13H. The van der Waals surface area contributed by atoms with Crippen LogP contribution in [0.4, 0.5) is 13.2 Å². The monoisotopic (exact) mass is 408 g/mol. The first kappa shape index (κ1) is 17.2. The molecule has 0 spiro atoms. The number of hydrogen-bond acceptors (Lipinski definition) is 0. The third kappa shape index (κ3) is 3.55. The second kappa shape index (κ2) is 7.08. The van der Waals surface area contributed by atoms with Gasteiger partial charge in [-0.3, -0.25) is 0 Å². The topological polar surface area (TPSA) is 0 Å². The van der Waals surface area contributed by atoms with E-state index in [1.54, 1.807) is 6.07 Å². The van der Waals surface area contributed by atoms with Crippen molar-refractivity contribution in [2.24, 2.45) is 0 Å². The van der Waals surface area contributed by atoms with Gasteiger partial charge in [-0.15, -0.1) is 0 Å². The maximum absolute atomic E-state index is 13.6. The molecule has 0 fully saturated rings. The highest BCUT2D eigenvalue weighted by Gasteiger charge is 2.37. The summed E-state index contributed by atoms with van der Waals surface area (Å²) in [5.74, 6) is 0. The molecule has 24 heavy (non-hydrogen) atoms. The summed E-state index contributed by atoms with van der Waals surface area (Å²) < 4.78 is 41.3. The van der Waals surface area contributed by atoms with Gasteiger partial charge in [-0.1, -0.05) is 82.7 Å². The average molecular weight is 409 g/mol. The van der Waals surface area contributed by atoms with E-state index < -0.39 is 19.7 Å². The second-order valence-corrected chi connectivity index (χ2v) is 8.15. The lowest BCUT2D eigenvalue weighted by Gasteiger charge is -2.24. The van der Waals surface area contributed by atoms with E-state index in [1.807, 2.05) is 60.7 Å². The fraction of sp³-hybridized carbons (Fsp3) is 0.0526. The van der Waals surface area contributed by atoms with Crippen LogP contribution < -0.4 is 15.9 Å². The van der Waals surface area contributed by atoms with E-state index in [0.717, 1.165) is 16.7 Å². The van der Waals surface area contributed by atoms with Gasteiger partial charge in [0.15, 0.2) is 0 Å². The zero-order valence-corrected chi connectivity index (χ0v) is 14.9. The molecule has 0 bridgehead atoms. The molecule has 0 heterocycles. The van der Waals surface area contributed by atoms with Crippen LogP contribution in [0.3, 0.4) is 0 Å². The number of rotatable bonds is 3. The molecule has 0 amide bonds. The van der Waals surface area contributed by atoms with E-state index in [-0.39, 0.29) is 0 Å². The van der Waals surface area contributed by atoms with Gasteiger partial charge in [0.25, 0.3) is 0 Å². The summed E-state index contributed by atoms with van der Waals surface area (Å²) in [7, 11) is -1.32. The van der Waals surface area contributed by atoms with Crippen molar-refractivity contribution in [3.63, 3.8) is 0 Å². The Kier molecular flexibility index (Phi) is 5.07. The highest BCUT2D eigenvalue weighted by Crippen LogP contribution is 2.41. The Labute approximate surface area is 148 Å². The van der Waals surface area contributed by atoms with E-state index in [9.17, 15) is 13.2 Å². The van der Waals surface area contributed by atoms with Gasteiger partial charge in [-0.2, -0.15) is 13.2 Å². The molecular formula is C19H13BrF3P. The van der Waals surface area contributed by atoms with Gasteiger partial charge in [0, 0.05) is 9.78 Å². The molecule has 0 atom stereocenters. The summed E-state index contributed by atoms with van der Waals surface area (Å²) in [6.45, 7) is 0. The van der Waals surface area contributed by atoms with Crippen LogP contribution in [0.15, 0.2) is 83.3 Å². The molecule has 0 radical (unpaired) electrons. The summed E-state index contributed by atoms with van der Waals surface area (Å²) in [4.78, 5) is 0. The van der Waals surface area contributed by atoms with E-state index >= 15 is 0 Å². The van der Waals surface area contributed by atoms with Crippen molar-refractivity contribution in [2.75, 3.05) is 0 Å². The molecule has 0 aromatic heterocycles.